The number of rotatable bonds is 6. The molecule has 1 unspecified atom stereocenters. The summed E-state index contributed by atoms with van der Waals surface area (Å²) in [4.78, 5) is 22.6. The van der Waals surface area contributed by atoms with E-state index in [1.165, 1.54) is 24.3 Å². The fourth-order valence-corrected chi connectivity index (χ4v) is 2.16. The van der Waals surface area contributed by atoms with Crippen molar-refractivity contribution in [1.82, 2.24) is 5.32 Å². The van der Waals surface area contributed by atoms with Crippen molar-refractivity contribution in [2.45, 2.75) is 22.9 Å². The molecule has 1 atom stereocenters. The van der Waals surface area contributed by atoms with Crippen LogP contribution >= 0.6 is 11.8 Å². The summed E-state index contributed by atoms with van der Waals surface area (Å²) in [5, 5.41) is 11.1. The number of carbonyl (C=O) groups excluding carboxylic acids is 1. The fourth-order valence-electron chi connectivity index (χ4n) is 1.49. The molecule has 2 N–H and O–H groups in total. The minimum atomic E-state index is -4.54. The molecular formula is C13H12F3NO3S. The molecule has 0 bridgehead atoms. The van der Waals surface area contributed by atoms with Crippen LogP contribution < -0.4 is 5.32 Å². The molecule has 0 heterocycles. The minimum absolute atomic E-state index is 0.0321. The molecule has 0 fully saturated rings. The summed E-state index contributed by atoms with van der Waals surface area (Å²) in [6.45, 7) is 3.36. The molecule has 0 spiro atoms. The van der Waals surface area contributed by atoms with E-state index >= 15 is 0 Å². The Morgan fingerprint density at radius 3 is 2.52 bits per heavy atom. The zero-order chi connectivity index (χ0) is 16.0. The minimum Gasteiger partial charge on any atom is -0.480 e. The lowest BCUT2D eigenvalue weighted by molar-refractivity contribution is -0.139. The monoisotopic (exact) mass is 319 g/mol. The van der Waals surface area contributed by atoms with Gasteiger partial charge < -0.3 is 10.4 Å². The van der Waals surface area contributed by atoms with Crippen LogP contribution in [0.2, 0.25) is 0 Å². The molecule has 0 aliphatic heterocycles. The second-order valence-corrected chi connectivity index (χ2v) is 5.04. The lowest BCUT2D eigenvalue weighted by Crippen LogP contribution is -2.40. The third-order valence-electron chi connectivity index (χ3n) is 2.36. The standard InChI is InChI=1S/C13H12F3NO3S/c1-2-5-9(12(19)20)17-11(18)8-6-3-4-7-10(8)21-13(14,15)16/h2-4,6-7,9H,1,5H2,(H,17,18)(H,19,20). The third kappa shape index (κ3) is 5.50. The van der Waals surface area contributed by atoms with Crippen LogP contribution in [-0.2, 0) is 4.79 Å². The highest BCUT2D eigenvalue weighted by atomic mass is 32.2. The number of aliphatic carboxylic acids is 1. The van der Waals surface area contributed by atoms with Crippen molar-refractivity contribution in [1.29, 1.82) is 0 Å². The van der Waals surface area contributed by atoms with Crippen molar-refractivity contribution in [3.63, 3.8) is 0 Å². The Morgan fingerprint density at radius 2 is 2.00 bits per heavy atom. The van der Waals surface area contributed by atoms with Gasteiger partial charge in [-0.15, -0.1) is 6.58 Å². The number of benzene rings is 1. The number of alkyl halides is 3. The van der Waals surface area contributed by atoms with Gasteiger partial charge in [0.05, 0.1) is 5.56 Å². The van der Waals surface area contributed by atoms with Crippen molar-refractivity contribution < 1.29 is 27.9 Å². The first-order valence-corrected chi connectivity index (χ1v) is 6.55. The highest BCUT2D eigenvalue weighted by Gasteiger charge is 2.31. The maximum absolute atomic E-state index is 12.4. The first-order chi connectivity index (χ1) is 9.74. The van der Waals surface area contributed by atoms with E-state index in [0.29, 0.717) is 0 Å². The van der Waals surface area contributed by atoms with Crippen LogP contribution in [0.15, 0.2) is 41.8 Å². The van der Waals surface area contributed by atoms with Gasteiger partial charge >= 0.3 is 11.5 Å². The van der Waals surface area contributed by atoms with E-state index in [-0.39, 0.29) is 16.9 Å². The highest BCUT2D eigenvalue weighted by Crippen LogP contribution is 2.38. The summed E-state index contributed by atoms with van der Waals surface area (Å²) in [6, 6.07) is 3.88. The maximum Gasteiger partial charge on any atom is 0.446 e. The number of carbonyl (C=O) groups is 2. The van der Waals surface area contributed by atoms with Crippen molar-refractivity contribution in [2.24, 2.45) is 0 Å². The molecule has 1 aromatic rings. The van der Waals surface area contributed by atoms with E-state index in [1.807, 2.05) is 0 Å². The molecule has 21 heavy (non-hydrogen) atoms. The molecule has 0 saturated heterocycles. The van der Waals surface area contributed by atoms with E-state index in [1.54, 1.807) is 0 Å². The van der Waals surface area contributed by atoms with Crippen LogP contribution in [0.4, 0.5) is 13.2 Å². The zero-order valence-electron chi connectivity index (χ0n) is 10.7. The summed E-state index contributed by atoms with van der Waals surface area (Å²) in [7, 11) is 0. The van der Waals surface area contributed by atoms with Crippen LogP contribution in [0, 0.1) is 0 Å². The Bertz CT molecular complexity index is 546. The summed E-state index contributed by atoms with van der Waals surface area (Å²) >= 11 is -0.424. The van der Waals surface area contributed by atoms with Crippen molar-refractivity contribution >= 4 is 23.6 Å². The highest BCUT2D eigenvalue weighted by molar-refractivity contribution is 8.00. The summed E-state index contributed by atoms with van der Waals surface area (Å²) in [5.74, 6) is -2.17. The summed E-state index contributed by atoms with van der Waals surface area (Å²) in [5.41, 5.74) is -4.76. The molecule has 0 aliphatic carbocycles. The van der Waals surface area contributed by atoms with E-state index in [9.17, 15) is 22.8 Å². The van der Waals surface area contributed by atoms with Gasteiger partial charge in [0.2, 0.25) is 0 Å². The Balaban J connectivity index is 2.96. The van der Waals surface area contributed by atoms with Crippen LogP contribution in [0.5, 0.6) is 0 Å². The molecule has 114 valence electrons. The number of carboxylic acids is 1. The number of thioether (sulfide) groups is 1. The van der Waals surface area contributed by atoms with Gasteiger partial charge in [0.15, 0.2) is 0 Å². The number of carboxylic acid groups (broad SMARTS) is 1. The Hall–Kier alpha value is -1.96. The van der Waals surface area contributed by atoms with E-state index < -0.39 is 35.2 Å². The second-order valence-electron chi connectivity index (χ2n) is 3.93. The number of hydrogen-bond donors (Lipinski definition) is 2. The smallest absolute Gasteiger partial charge is 0.446 e. The lowest BCUT2D eigenvalue weighted by atomic mass is 10.1. The zero-order valence-corrected chi connectivity index (χ0v) is 11.5. The largest absolute Gasteiger partial charge is 0.480 e. The van der Waals surface area contributed by atoms with Gasteiger partial charge in [-0.05, 0) is 30.3 Å². The first-order valence-electron chi connectivity index (χ1n) is 5.74. The molecular weight excluding hydrogens is 307 g/mol. The van der Waals surface area contributed by atoms with Gasteiger partial charge in [-0.3, -0.25) is 4.79 Å². The Morgan fingerprint density at radius 1 is 1.38 bits per heavy atom. The summed E-state index contributed by atoms with van der Waals surface area (Å²) in [6.07, 6.45) is 1.27. The number of hydrogen-bond acceptors (Lipinski definition) is 3. The topological polar surface area (TPSA) is 66.4 Å². The molecule has 1 rings (SSSR count). The predicted octanol–water partition coefficient (Wildman–Crippen LogP) is 3.06. The van der Waals surface area contributed by atoms with Gasteiger partial charge in [-0.1, -0.05) is 18.2 Å². The Kier molecular flexibility index (Phi) is 5.83. The van der Waals surface area contributed by atoms with Crippen molar-refractivity contribution in [3.05, 3.63) is 42.5 Å². The van der Waals surface area contributed by atoms with Gasteiger partial charge in [-0.2, -0.15) is 13.2 Å². The number of nitrogens with one attached hydrogen (secondary N) is 1. The van der Waals surface area contributed by atoms with E-state index in [2.05, 4.69) is 11.9 Å². The number of amides is 1. The average molecular weight is 319 g/mol. The fraction of sp³-hybridized carbons (Fsp3) is 0.231. The molecule has 1 aromatic carbocycles. The van der Waals surface area contributed by atoms with Gasteiger partial charge in [0.25, 0.3) is 5.91 Å². The van der Waals surface area contributed by atoms with Crippen molar-refractivity contribution in [3.8, 4) is 0 Å². The van der Waals surface area contributed by atoms with Crippen LogP contribution in [0.25, 0.3) is 0 Å². The molecule has 0 saturated carbocycles. The van der Waals surface area contributed by atoms with Gasteiger partial charge in [0, 0.05) is 4.90 Å². The Labute approximate surface area is 123 Å². The SMILES string of the molecule is C=CCC(NC(=O)c1ccccc1SC(F)(F)F)C(=O)O. The molecule has 4 nitrogen and oxygen atoms in total. The summed E-state index contributed by atoms with van der Waals surface area (Å²) < 4.78 is 37.3. The van der Waals surface area contributed by atoms with Crippen LogP contribution in [-0.4, -0.2) is 28.5 Å². The molecule has 0 aliphatic rings. The number of halogens is 3. The molecule has 1 amide bonds. The average Bonchev–Trinajstić information content (AvgIpc) is 2.36. The normalized spacial score (nSPS) is 12.5. The third-order valence-corrected chi connectivity index (χ3v) is 3.17. The second kappa shape index (κ2) is 7.16. The van der Waals surface area contributed by atoms with Gasteiger partial charge in [-0.25, -0.2) is 4.79 Å². The maximum atomic E-state index is 12.4. The predicted molar refractivity (Wildman–Crippen MR) is 72.1 cm³/mol. The lowest BCUT2D eigenvalue weighted by Gasteiger charge is -2.15. The molecule has 8 heteroatoms. The quantitative estimate of drug-likeness (QED) is 0.625. The van der Waals surface area contributed by atoms with E-state index in [4.69, 9.17) is 5.11 Å². The van der Waals surface area contributed by atoms with E-state index in [0.717, 1.165) is 6.07 Å². The van der Waals surface area contributed by atoms with Crippen molar-refractivity contribution in [2.75, 3.05) is 0 Å². The van der Waals surface area contributed by atoms with Crippen LogP contribution in [0.1, 0.15) is 16.8 Å². The van der Waals surface area contributed by atoms with Gasteiger partial charge in [0.1, 0.15) is 6.04 Å². The van der Waals surface area contributed by atoms with Crippen LogP contribution in [0.3, 0.4) is 0 Å². The molecule has 0 aromatic heterocycles. The first kappa shape index (κ1) is 17.1. The molecule has 0 radical (unpaired) electrons.